The second-order valence-corrected chi connectivity index (χ2v) is 5.65. The Kier molecular flexibility index (Phi) is 2.53. The minimum atomic E-state index is 0.401. The minimum Gasteiger partial charge on any atom is -0.346 e. The minimum absolute atomic E-state index is 0.401. The van der Waals surface area contributed by atoms with Crippen LogP contribution in [0, 0.1) is 4.64 Å². The lowest BCUT2D eigenvalue weighted by molar-refractivity contribution is 0.597. The molecule has 1 aromatic carbocycles. The molecular formula is C15H15N3S. The standard InChI is InChI=1S/C15H15N3S/c19-15-12-8-16-6-5-13(12)17-14(18-15)11-7-9-3-1-2-4-10(9)11/h1-4,11,16H,5-8H2,(H,17,18,19). The van der Waals surface area contributed by atoms with E-state index in [1.54, 1.807) is 0 Å². The van der Waals surface area contributed by atoms with E-state index in [4.69, 9.17) is 12.2 Å². The Morgan fingerprint density at radius 3 is 3.05 bits per heavy atom. The van der Waals surface area contributed by atoms with Crippen molar-refractivity contribution in [2.45, 2.75) is 25.3 Å². The number of aromatic nitrogens is 2. The summed E-state index contributed by atoms with van der Waals surface area (Å²) in [7, 11) is 0. The average Bonchev–Trinajstić information content (AvgIpc) is 2.40. The van der Waals surface area contributed by atoms with Gasteiger partial charge < -0.3 is 10.3 Å². The molecule has 19 heavy (non-hydrogen) atoms. The van der Waals surface area contributed by atoms with E-state index >= 15 is 0 Å². The van der Waals surface area contributed by atoms with Gasteiger partial charge in [0.15, 0.2) is 0 Å². The Morgan fingerprint density at radius 1 is 1.26 bits per heavy atom. The van der Waals surface area contributed by atoms with Crippen LogP contribution in [0.3, 0.4) is 0 Å². The molecule has 1 aliphatic carbocycles. The van der Waals surface area contributed by atoms with Gasteiger partial charge >= 0.3 is 0 Å². The average molecular weight is 269 g/mol. The molecule has 0 bridgehead atoms. The van der Waals surface area contributed by atoms with Crippen molar-refractivity contribution in [3.8, 4) is 0 Å². The Morgan fingerprint density at radius 2 is 2.16 bits per heavy atom. The van der Waals surface area contributed by atoms with Crippen LogP contribution in [-0.2, 0) is 19.4 Å². The molecule has 4 rings (SSSR count). The van der Waals surface area contributed by atoms with Crippen LogP contribution in [0.5, 0.6) is 0 Å². The molecule has 2 N–H and O–H groups in total. The SMILES string of the molecule is S=c1nc(C2Cc3ccccc32)[nH]c2c1CNCC2. The van der Waals surface area contributed by atoms with Crippen LogP contribution in [0.25, 0.3) is 0 Å². The molecule has 1 aliphatic heterocycles. The summed E-state index contributed by atoms with van der Waals surface area (Å²) < 4.78 is 0.764. The maximum absolute atomic E-state index is 5.45. The van der Waals surface area contributed by atoms with E-state index in [-0.39, 0.29) is 0 Å². The van der Waals surface area contributed by atoms with Crippen molar-refractivity contribution in [2.75, 3.05) is 6.54 Å². The molecule has 1 aromatic heterocycles. The molecule has 0 spiro atoms. The van der Waals surface area contributed by atoms with E-state index in [0.717, 1.165) is 36.4 Å². The van der Waals surface area contributed by atoms with Gasteiger partial charge in [-0.15, -0.1) is 0 Å². The smallest absolute Gasteiger partial charge is 0.134 e. The van der Waals surface area contributed by atoms with Crippen LogP contribution >= 0.6 is 12.2 Å². The lowest BCUT2D eigenvalue weighted by Gasteiger charge is -2.30. The largest absolute Gasteiger partial charge is 0.346 e. The summed E-state index contributed by atoms with van der Waals surface area (Å²) in [5, 5.41) is 3.35. The molecule has 1 atom stereocenters. The van der Waals surface area contributed by atoms with Crippen LogP contribution < -0.4 is 5.32 Å². The van der Waals surface area contributed by atoms with Gasteiger partial charge in [0.25, 0.3) is 0 Å². The number of aromatic amines is 1. The topological polar surface area (TPSA) is 40.7 Å². The fraction of sp³-hybridized carbons (Fsp3) is 0.333. The van der Waals surface area contributed by atoms with Gasteiger partial charge in [0.05, 0.1) is 0 Å². The van der Waals surface area contributed by atoms with E-state index in [2.05, 4.69) is 39.6 Å². The van der Waals surface area contributed by atoms with E-state index in [9.17, 15) is 0 Å². The van der Waals surface area contributed by atoms with Gasteiger partial charge in [-0.05, 0) is 17.5 Å². The number of rotatable bonds is 1. The highest BCUT2D eigenvalue weighted by atomic mass is 32.1. The van der Waals surface area contributed by atoms with Gasteiger partial charge in [0, 0.05) is 36.7 Å². The maximum atomic E-state index is 5.45. The number of nitrogens with zero attached hydrogens (tertiary/aromatic N) is 1. The van der Waals surface area contributed by atoms with Crippen LogP contribution in [0.1, 0.15) is 34.1 Å². The lowest BCUT2D eigenvalue weighted by atomic mass is 9.77. The first-order valence-electron chi connectivity index (χ1n) is 6.73. The molecule has 2 aliphatic rings. The normalized spacial score (nSPS) is 20.3. The molecule has 3 nitrogen and oxygen atoms in total. The maximum Gasteiger partial charge on any atom is 0.134 e. The van der Waals surface area contributed by atoms with Gasteiger partial charge in [-0.3, -0.25) is 0 Å². The molecular weight excluding hydrogens is 254 g/mol. The van der Waals surface area contributed by atoms with Crippen molar-refractivity contribution in [1.82, 2.24) is 15.3 Å². The molecule has 4 heteroatoms. The second kappa shape index (κ2) is 4.25. The van der Waals surface area contributed by atoms with Crippen molar-refractivity contribution in [1.29, 1.82) is 0 Å². The number of hydrogen-bond donors (Lipinski definition) is 2. The Bertz CT molecular complexity index is 705. The molecule has 2 heterocycles. The van der Waals surface area contributed by atoms with Crippen LogP contribution in [-0.4, -0.2) is 16.5 Å². The highest BCUT2D eigenvalue weighted by Crippen LogP contribution is 2.38. The summed E-state index contributed by atoms with van der Waals surface area (Å²) in [6, 6.07) is 8.59. The second-order valence-electron chi connectivity index (χ2n) is 5.27. The quantitative estimate of drug-likeness (QED) is 0.781. The number of fused-ring (bicyclic) bond motifs is 2. The first kappa shape index (κ1) is 11.3. The molecule has 96 valence electrons. The summed E-state index contributed by atoms with van der Waals surface area (Å²) in [6.45, 7) is 1.86. The zero-order valence-corrected chi connectivity index (χ0v) is 11.4. The molecule has 0 saturated heterocycles. The lowest BCUT2D eigenvalue weighted by Crippen LogP contribution is -2.28. The zero-order chi connectivity index (χ0) is 12.8. The first-order valence-corrected chi connectivity index (χ1v) is 7.14. The molecule has 0 radical (unpaired) electrons. The summed E-state index contributed by atoms with van der Waals surface area (Å²) in [4.78, 5) is 8.16. The van der Waals surface area contributed by atoms with E-state index < -0.39 is 0 Å². The molecule has 2 aromatic rings. The number of nitrogens with one attached hydrogen (secondary N) is 2. The third-order valence-corrected chi connectivity index (χ3v) is 4.50. The Hall–Kier alpha value is -1.52. The van der Waals surface area contributed by atoms with Crippen LogP contribution in [0.2, 0.25) is 0 Å². The van der Waals surface area contributed by atoms with Crippen molar-refractivity contribution < 1.29 is 0 Å². The van der Waals surface area contributed by atoms with Gasteiger partial charge in [0.2, 0.25) is 0 Å². The van der Waals surface area contributed by atoms with E-state index in [1.165, 1.54) is 22.4 Å². The molecule has 0 fully saturated rings. The number of hydrogen-bond acceptors (Lipinski definition) is 3. The van der Waals surface area contributed by atoms with Crippen LogP contribution in [0.15, 0.2) is 24.3 Å². The predicted octanol–water partition coefficient (Wildman–Crippen LogP) is 2.47. The highest BCUT2D eigenvalue weighted by molar-refractivity contribution is 7.71. The molecule has 0 amide bonds. The summed E-state index contributed by atoms with van der Waals surface area (Å²) in [5.74, 6) is 1.45. The fourth-order valence-electron chi connectivity index (χ4n) is 3.05. The van der Waals surface area contributed by atoms with Crippen molar-refractivity contribution in [2.24, 2.45) is 0 Å². The molecule has 1 unspecified atom stereocenters. The van der Waals surface area contributed by atoms with E-state index in [1.807, 2.05) is 0 Å². The molecule has 0 saturated carbocycles. The van der Waals surface area contributed by atoms with E-state index in [0.29, 0.717) is 5.92 Å². The number of benzene rings is 1. The van der Waals surface area contributed by atoms with Crippen molar-refractivity contribution in [3.05, 3.63) is 57.1 Å². The van der Waals surface area contributed by atoms with Gasteiger partial charge in [-0.1, -0.05) is 36.5 Å². The fourth-order valence-corrected chi connectivity index (χ4v) is 3.35. The monoisotopic (exact) mass is 269 g/mol. The summed E-state index contributed by atoms with van der Waals surface area (Å²) in [5.41, 5.74) is 5.29. The zero-order valence-electron chi connectivity index (χ0n) is 10.6. The van der Waals surface area contributed by atoms with Gasteiger partial charge in [-0.25, -0.2) is 4.98 Å². The van der Waals surface area contributed by atoms with Crippen molar-refractivity contribution in [3.63, 3.8) is 0 Å². The van der Waals surface area contributed by atoms with Crippen LogP contribution in [0.4, 0.5) is 0 Å². The third kappa shape index (κ3) is 1.75. The number of H-pyrrole nitrogens is 1. The Balaban J connectivity index is 1.78. The first-order chi connectivity index (χ1) is 9.33. The summed E-state index contributed by atoms with van der Waals surface area (Å²) >= 11 is 5.45. The summed E-state index contributed by atoms with van der Waals surface area (Å²) in [6.07, 6.45) is 2.09. The van der Waals surface area contributed by atoms with Gasteiger partial charge in [0.1, 0.15) is 10.5 Å². The Labute approximate surface area is 117 Å². The van der Waals surface area contributed by atoms with Gasteiger partial charge in [-0.2, -0.15) is 0 Å². The third-order valence-electron chi connectivity index (χ3n) is 4.16. The van der Waals surface area contributed by atoms with Crippen molar-refractivity contribution >= 4 is 12.2 Å². The highest BCUT2D eigenvalue weighted by Gasteiger charge is 2.29. The predicted molar refractivity (Wildman–Crippen MR) is 76.8 cm³/mol.